The van der Waals surface area contributed by atoms with E-state index in [9.17, 15) is 0 Å². The standard InChI is InChI=1S/C13H11BrClN3S/c1-7(11-4-5-12(15)19-11)18-10-3-2-8(14)6-9(10)17-13(18)16/h2-7H,1H3,(H2,16,17). The van der Waals surface area contributed by atoms with Crippen molar-refractivity contribution in [3.8, 4) is 0 Å². The minimum atomic E-state index is 0.115. The van der Waals surface area contributed by atoms with Gasteiger partial charge in [-0.05, 0) is 37.3 Å². The fourth-order valence-corrected chi connectivity index (χ4v) is 3.63. The van der Waals surface area contributed by atoms with Crippen molar-refractivity contribution in [2.75, 3.05) is 5.73 Å². The van der Waals surface area contributed by atoms with Crippen LogP contribution in [0.1, 0.15) is 17.8 Å². The Morgan fingerprint density at radius 3 is 2.84 bits per heavy atom. The van der Waals surface area contributed by atoms with E-state index in [4.69, 9.17) is 17.3 Å². The van der Waals surface area contributed by atoms with Crippen LogP contribution in [0.5, 0.6) is 0 Å². The van der Waals surface area contributed by atoms with Gasteiger partial charge >= 0.3 is 0 Å². The van der Waals surface area contributed by atoms with Gasteiger partial charge in [-0.1, -0.05) is 27.5 Å². The summed E-state index contributed by atoms with van der Waals surface area (Å²) < 4.78 is 3.81. The Kier molecular flexibility index (Phi) is 3.28. The number of anilines is 1. The number of nitrogens with zero attached hydrogens (tertiary/aromatic N) is 2. The topological polar surface area (TPSA) is 43.8 Å². The van der Waals surface area contributed by atoms with Crippen molar-refractivity contribution in [2.24, 2.45) is 0 Å². The number of fused-ring (bicyclic) bond motifs is 1. The Labute approximate surface area is 128 Å². The number of aromatic nitrogens is 2. The molecule has 1 atom stereocenters. The third kappa shape index (κ3) is 2.26. The maximum Gasteiger partial charge on any atom is 0.201 e. The molecule has 3 nitrogen and oxygen atoms in total. The highest BCUT2D eigenvalue weighted by Crippen LogP contribution is 2.33. The van der Waals surface area contributed by atoms with Gasteiger partial charge in [-0.2, -0.15) is 0 Å². The van der Waals surface area contributed by atoms with Crippen LogP contribution >= 0.6 is 38.9 Å². The Morgan fingerprint density at radius 2 is 2.16 bits per heavy atom. The van der Waals surface area contributed by atoms with Gasteiger partial charge in [0.1, 0.15) is 0 Å². The van der Waals surface area contributed by atoms with Crippen molar-refractivity contribution in [1.82, 2.24) is 9.55 Å². The van der Waals surface area contributed by atoms with Crippen LogP contribution in [0.3, 0.4) is 0 Å². The number of rotatable bonds is 2. The van der Waals surface area contributed by atoms with Crippen LogP contribution in [-0.4, -0.2) is 9.55 Å². The van der Waals surface area contributed by atoms with Gasteiger partial charge in [0.15, 0.2) is 0 Å². The van der Waals surface area contributed by atoms with Crippen molar-refractivity contribution < 1.29 is 0 Å². The Balaban J connectivity index is 2.16. The van der Waals surface area contributed by atoms with E-state index in [2.05, 4.69) is 27.8 Å². The second kappa shape index (κ2) is 4.81. The average molecular weight is 357 g/mol. The summed E-state index contributed by atoms with van der Waals surface area (Å²) in [5, 5.41) is 0. The van der Waals surface area contributed by atoms with Crippen molar-refractivity contribution in [3.05, 3.63) is 44.0 Å². The molecule has 0 aliphatic rings. The highest BCUT2D eigenvalue weighted by Gasteiger charge is 2.17. The Bertz CT molecular complexity index is 750. The van der Waals surface area contributed by atoms with Gasteiger partial charge in [-0.15, -0.1) is 11.3 Å². The third-order valence-corrected chi connectivity index (χ3v) is 4.97. The van der Waals surface area contributed by atoms with E-state index in [0.717, 1.165) is 19.8 Å². The highest BCUT2D eigenvalue weighted by molar-refractivity contribution is 9.10. The fourth-order valence-electron chi connectivity index (χ4n) is 2.18. The number of hydrogen-bond donors (Lipinski definition) is 1. The monoisotopic (exact) mass is 355 g/mol. The van der Waals surface area contributed by atoms with Crippen LogP contribution in [0.25, 0.3) is 11.0 Å². The molecule has 3 aromatic rings. The van der Waals surface area contributed by atoms with E-state index in [-0.39, 0.29) is 6.04 Å². The highest BCUT2D eigenvalue weighted by atomic mass is 79.9. The first-order chi connectivity index (χ1) is 9.06. The normalized spacial score (nSPS) is 13.0. The molecule has 3 rings (SSSR count). The number of nitrogens with two attached hydrogens (primary N) is 1. The van der Waals surface area contributed by atoms with Crippen LogP contribution < -0.4 is 5.73 Å². The molecule has 1 aromatic carbocycles. The molecule has 0 radical (unpaired) electrons. The summed E-state index contributed by atoms with van der Waals surface area (Å²) in [6.07, 6.45) is 0. The molecule has 0 aliphatic heterocycles. The van der Waals surface area contributed by atoms with Crippen LogP contribution in [0, 0.1) is 0 Å². The summed E-state index contributed by atoms with van der Waals surface area (Å²) in [6, 6.07) is 10.0. The zero-order valence-electron chi connectivity index (χ0n) is 10.1. The lowest BCUT2D eigenvalue weighted by Gasteiger charge is -2.14. The molecule has 2 N–H and O–H groups in total. The lowest BCUT2D eigenvalue weighted by atomic mass is 10.2. The van der Waals surface area contributed by atoms with Crippen molar-refractivity contribution in [2.45, 2.75) is 13.0 Å². The summed E-state index contributed by atoms with van der Waals surface area (Å²) in [5.41, 5.74) is 7.97. The molecule has 0 saturated carbocycles. The molecular weight excluding hydrogens is 346 g/mol. The number of benzene rings is 1. The Hall–Kier alpha value is -1.04. The Morgan fingerprint density at radius 1 is 1.37 bits per heavy atom. The van der Waals surface area contributed by atoms with Gasteiger partial charge in [0.25, 0.3) is 0 Å². The summed E-state index contributed by atoms with van der Waals surface area (Å²) >= 11 is 11.0. The van der Waals surface area contributed by atoms with E-state index < -0.39 is 0 Å². The van der Waals surface area contributed by atoms with Crippen molar-refractivity contribution >= 4 is 55.8 Å². The number of hydrogen-bond acceptors (Lipinski definition) is 3. The van der Waals surface area contributed by atoms with Crippen LogP contribution in [0.2, 0.25) is 4.34 Å². The van der Waals surface area contributed by atoms with Crippen molar-refractivity contribution in [1.29, 1.82) is 0 Å². The van der Waals surface area contributed by atoms with E-state index >= 15 is 0 Å². The van der Waals surface area contributed by atoms with E-state index in [1.807, 2.05) is 34.9 Å². The third-order valence-electron chi connectivity index (χ3n) is 3.07. The molecule has 2 heterocycles. The summed E-state index contributed by atoms with van der Waals surface area (Å²) in [4.78, 5) is 5.58. The van der Waals surface area contributed by atoms with Gasteiger partial charge in [0.05, 0.1) is 21.4 Å². The molecule has 19 heavy (non-hydrogen) atoms. The molecule has 6 heteroatoms. The molecule has 0 amide bonds. The number of imidazole rings is 1. The molecule has 0 spiro atoms. The minimum absolute atomic E-state index is 0.115. The summed E-state index contributed by atoms with van der Waals surface area (Å²) in [6.45, 7) is 2.10. The average Bonchev–Trinajstić information content (AvgIpc) is 2.91. The first-order valence-electron chi connectivity index (χ1n) is 5.74. The van der Waals surface area contributed by atoms with Crippen LogP contribution in [0.4, 0.5) is 5.95 Å². The predicted molar refractivity (Wildman–Crippen MR) is 85.0 cm³/mol. The van der Waals surface area contributed by atoms with Gasteiger partial charge in [-0.25, -0.2) is 4.98 Å². The molecule has 2 aromatic heterocycles. The van der Waals surface area contributed by atoms with Crippen molar-refractivity contribution in [3.63, 3.8) is 0 Å². The molecule has 0 saturated heterocycles. The molecule has 0 fully saturated rings. The summed E-state index contributed by atoms with van der Waals surface area (Å²) in [7, 11) is 0. The fraction of sp³-hybridized carbons (Fsp3) is 0.154. The molecule has 98 valence electrons. The maximum absolute atomic E-state index is 6.06. The molecular formula is C13H11BrClN3S. The molecule has 1 unspecified atom stereocenters. The zero-order chi connectivity index (χ0) is 13.6. The minimum Gasteiger partial charge on any atom is -0.369 e. The second-order valence-electron chi connectivity index (χ2n) is 4.29. The molecule has 0 bridgehead atoms. The largest absolute Gasteiger partial charge is 0.369 e. The van der Waals surface area contributed by atoms with Gasteiger partial charge < -0.3 is 10.3 Å². The number of nitrogen functional groups attached to an aromatic ring is 1. The number of thiophene rings is 1. The second-order valence-corrected chi connectivity index (χ2v) is 6.95. The lowest BCUT2D eigenvalue weighted by molar-refractivity contribution is 0.680. The SMILES string of the molecule is CC(c1ccc(Cl)s1)n1c(N)nc2cc(Br)ccc21. The van der Waals surface area contributed by atoms with Gasteiger partial charge in [0, 0.05) is 9.35 Å². The summed E-state index contributed by atoms with van der Waals surface area (Å²) in [5.74, 6) is 0.519. The lowest BCUT2D eigenvalue weighted by Crippen LogP contribution is -2.08. The van der Waals surface area contributed by atoms with E-state index in [1.54, 1.807) is 11.3 Å². The van der Waals surface area contributed by atoms with Gasteiger partial charge in [-0.3, -0.25) is 0 Å². The predicted octanol–water partition coefficient (Wildman–Crippen LogP) is 4.71. The van der Waals surface area contributed by atoms with Gasteiger partial charge in [0.2, 0.25) is 5.95 Å². The van der Waals surface area contributed by atoms with E-state index in [1.165, 1.54) is 4.88 Å². The first-order valence-corrected chi connectivity index (χ1v) is 7.73. The number of halogens is 2. The molecule has 0 aliphatic carbocycles. The first kappa shape index (κ1) is 13.0. The van der Waals surface area contributed by atoms with Crippen LogP contribution in [-0.2, 0) is 0 Å². The quantitative estimate of drug-likeness (QED) is 0.723. The smallest absolute Gasteiger partial charge is 0.201 e. The zero-order valence-corrected chi connectivity index (χ0v) is 13.3. The van der Waals surface area contributed by atoms with E-state index in [0.29, 0.717) is 5.95 Å². The maximum atomic E-state index is 6.06. The van der Waals surface area contributed by atoms with Crippen LogP contribution in [0.15, 0.2) is 34.8 Å².